The Hall–Kier alpha value is -1.36. The lowest BCUT2D eigenvalue weighted by molar-refractivity contribution is 0.126. The van der Waals surface area contributed by atoms with Gasteiger partial charge in [-0.1, -0.05) is 0 Å². The minimum atomic E-state index is -0.119. The molecule has 1 aromatic heterocycles. The third kappa shape index (κ3) is 3.80. The van der Waals surface area contributed by atoms with Crippen molar-refractivity contribution in [2.75, 3.05) is 17.3 Å². The molecule has 0 aromatic carbocycles. The van der Waals surface area contributed by atoms with Gasteiger partial charge in [-0.25, -0.2) is 9.97 Å². The number of nitrogens with zero attached hydrogens (tertiary/aromatic N) is 3. The Morgan fingerprint density at radius 2 is 1.95 bits per heavy atom. The largest absolute Gasteiger partial charge is 0.393 e. The molecule has 2 rings (SSSR count). The van der Waals surface area contributed by atoms with Crippen LogP contribution in [-0.4, -0.2) is 40.3 Å². The molecule has 1 fully saturated rings. The van der Waals surface area contributed by atoms with Crippen LogP contribution in [-0.2, 0) is 0 Å². The third-order valence-corrected chi connectivity index (χ3v) is 3.84. The number of aromatic nitrogens is 2. The first-order valence-corrected chi connectivity index (χ1v) is 7.05. The van der Waals surface area contributed by atoms with E-state index in [0.717, 1.165) is 37.3 Å². The fourth-order valence-electron chi connectivity index (χ4n) is 2.31. The van der Waals surface area contributed by atoms with Crippen LogP contribution < -0.4 is 10.2 Å². The quantitative estimate of drug-likeness (QED) is 0.871. The summed E-state index contributed by atoms with van der Waals surface area (Å²) in [6.45, 7) is 4.27. The van der Waals surface area contributed by atoms with Crippen LogP contribution >= 0.6 is 0 Å². The van der Waals surface area contributed by atoms with Crippen molar-refractivity contribution in [2.45, 2.75) is 57.7 Å². The fourth-order valence-corrected chi connectivity index (χ4v) is 2.31. The number of aliphatic hydroxyl groups excluding tert-OH is 1. The van der Waals surface area contributed by atoms with E-state index in [1.54, 1.807) is 6.33 Å². The molecule has 0 atom stereocenters. The topological polar surface area (TPSA) is 61.3 Å². The summed E-state index contributed by atoms with van der Waals surface area (Å²) >= 11 is 0. The Labute approximate surface area is 115 Å². The molecule has 0 aliphatic heterocycles. The minimum absolute atomic E-state index is 0.119. The molecule has 1 heterocycles. The van der Waals surface area contributed by atoms with Gasteiger partial charge in [0.25, 0.3) is 0 Å². The van der Waals surface area contributed by atoms with Crippen molar-refractivity contribution in [3.8, 4) is 0 Å². The first kappa shape index (κ1) is 14.1. The summed E-state index contributed by atoms with van der Waals surface area (Å²) in [7, 11) is 2.04. The molecule has 0 radical (unpaired) electrons. The molecular weight excluding hydrogens is 240 g/mol. The maximum atomic E-state index is 9.51. The molecule has 0 saturated heterocycles. The van der Waals surface area contributed by atoms with Crippen LogP contribution in [0.4, 0.5) is 11.6 Å². The lowest BCUT2D eigenvalue weighted by Gasteiger charge is -2.27. The van der Waals surface area contributed by atoms with Crippen LogP contribution in [0, 0.1) is 0 Å². The van der Waals surface area contributed by atoms with Crippen molar-refractivity contribution in [3.63, 3.8) is 0 Å². The van der Waals surface area contributed by atoms with Crippen molar-refractivity contribution >= 4 is 11.6 Å². The molecule has 5 nitrogen and oxygen atoms in total. The molecule has 2 N–H and O–H groups in total. The van der Waals surface area contributed by atoms with Crippen molar-refractivity contribution in [2.24, 2.45) is 0 Å². The lowest BCUT2D eigenvalue weighted by Crippen LogP contribution is -2.29. The third-order valence-electron chi connectivity index (χ3n) is 3.84. The summed E-state index contributed by atoms with van der Waals surface area (Å²) < 4.78 is 0. The number of aliphatic hydroxyl groups is 1. The second-order valence-electron chi connectivity index (χ2n) is 5.62. The molecule has 1 aromatic rings. The molecule has 0 amide bonds. The van der Waals surface area contributed by atoms with Crippen molar-refractivity contribution in [1.82, 2.24) is 9.97 Å². The number of rotatable bonds is 4. The van der Waals surface area contributed by atoms with Crippen LogP contribution in [0.15, 0.2) is 12.4 Å². The van der Waals surface area contributed by atoms with Gasteiger partial charge in [-0.2, -0.15) is 0 Å². The van der Waals surface area contributed by atoms with Gasteiger partial charge in [0.05, 0.1) is 6.10 Å². The monoisotopic (exact) mass is 264 g/mol. The van der Waals surface area contributed by atoms with Gasteiger partial charge in [0.15, 0.2) is 0 Å². The van der Waals surface area contributed by atoms with E-state index < -0.39 is 0 Å². The average Bonchev–Trinajstić information content (AvgIpc) is 2.41. The van der Waals surface area contributed by atoms with Crippen molar-refractivity contribution in [3.05, 3.63) is 12.4 Å². The van der Waals surface area contributed by atoms with Crippen LogP contribution in [0.2, 0.25) is 0 Å². The van der Waals surface area contributed by atoms with Gasteiger partial charge in [-0.15, -0.1) is 0 Å². The summed E-state index contributed by atoms with van der Waals surface area (Å²) in [4.78, 5) is 10.7. The first-order chi connectivity index (χ1) is 9.06. The maximum absolute atomic E-state index is 9.51. The van der Waals surface area contributed by atoms with Crippen LogP contribution in [0.25, 0.3) is 0 Å². The average molecular weight is 264 g/mol. The van der Waals surface area contributed by atoms with Gasteiger partial charge in [-0.3, -0.25) is 0 Å². The summed E-state index contributed by atoms with van der Waals surface area (Å²) in [6, 6.07) is 2.81. The highest BCUT2D eigenvalue weighted by atomic mass is 16.3. The maximum Gasteiger partial charge on any atom is 0.134 e. The first-order valence-electron chi connectivity index (χ1n) is 7.05. The van der Waals surface area contributed by atoms with E-state index in [0.29, 0.717) is 12.1 Å². The van der Waals surface area contributed by atoms with Gasteiger partial charge in [0.1, 0.15) is 18.0 Å². The van der Waals surface area contributed by atoms with Crippen molar-refractivity contribution < 1.29 is 5.11 Å². The molecule has 1 aliphatic rings. The second kappa shape index (κ2) is 6.19. The Kier molecular flexibility index (Phi) is 4.58. The standard InChI is InChI=1S/C14H24N4O/c1-10(2)18(3)14-8-13(15-9-16-14)17-11-4-6-12(19)7-5-11/h8-12,19H,4-7H2,1-3H3,(H,15,16,17). The Balaban J connectivity index is 1.99. The fraction of sp³-hybridized carbons (Fsp3) is 0.714. The molecule has 0 bridgehead atoms. The van der Waals surface area contributed by atoms with E-state index in [4.69, 9.17) is 0 Å². The zero-order valence-corrected chi connectivity index (χ0v) is 12.0. The van der Waals surface area contributed by atoms with Crippen LogP contribution in [0.1, 0.15) is 39.5 Å². The van der Waals surface area contributed by atoms with Crippen LogP contribution in [0.5, 0.6) is 0 Å². The summed E-state index contributed by atoms with van der Waals surface area (Å²) in [5.74, 6) is 1.81. The molecule has 106 valence electrons. The molecule has 19 heavy (non-hydrogen) atoms. The van der Waals surface area contributed by atoms with E-state index in [2.05, 4.69) is 34.0 Å². The summed E-state index contributed by atoms with van der Waals surface area (Å²) in [6.07, 6.45) is 5.24. The number of nitrogens with one attached hydrogen (secondary N) is 1. The number of hydrogen-bond acceptors (Lipinski definition) is 5. The van der Waals surface area contributed by atoms with Gasteiger partial charge in [0, 0.05) is 25.2 Å². The Morgan fingerprint density at radius 3 is 2.58 bits per heavy atom. The van der Waals surface area contributed by atoms with E-state index in [-0.39, 0.29) is 6.10 Å². The highest BCUT2D eigenvalue weighted by Gasteiger charge is 2.19. The Morgan fingerprint density at radius 1 is 1.26 bits per heavy atom. The van der Waals surface area contributed by atoms with Gasteiger partial charge < -0.3 is 15.3 Å². The SMILES string of the molecule is CC(C)N(C)c1cc(NC2CCC(O)CC2)ncn1. The van der Waals surface area contributed by atoms with E-state index >= 15 is 0 Å². The zero-order chi connectivity index (χ0) is 13.8. The van der Waals surface area contributed by atoms with E-state index in [1.165, 1.54) is 0 Å². The van der Waals surface area contributed by atoms with Crippen LogP contribution in [0.3, 0.4) is 0 Å². The minimum Gasteiger partial charge on any atom is -0.393 e. The lowest BCUT2D eigenvalue weighted by atomic mass is 9.93. The van der Waals surface area contributed by atoms with Gasteiger partial charge in [-0.05, 0) is 39.5 Å². The Bertz CT molecular complexity index is 402. The molecule has 0 spiro atoms. The van der Waals surface area contributed by atoms with Crippen molar-refractivity contribution in [1.29, 1.82) is 0 Å². The summed E-state index contributed by atoms with van der Waals surface area (Å²) in [5, 5.41) is 13.0. The molecule has 1 aliphatic carbocycles. The normalized spacial score (nSPS) is 23.4. The van der Waals surface area contributed by atoms with E-state index in [1.807, 2.05) is 13.1 Å². The van der Waals surface area contributed by atoms with Gasteiger partial charge >= 0.3 is 0 Å². The predicted molar refractivity (Wildman–Crippen MR) is 77.5 cm³/mol. The highest BCUT2D eigenvalue weighted by molar-refractivity contribution is 5.48. The predicted octanol–water partition coefficient (Wildman–Crippen LogP) is 2.04. The summed E-state index contributed by atoms with van der Waals surface area (Å²) in [5.41, 5.74) is 0. The highest BCUT2D eigenvalue weighted by Crippen LogP contribution is 2.22. The zero-order valence-electron chi connectivity index (χ0n) is 12.0. The number of anilines is 2. The molecular formula is C14H24N4O. The smallest absolute Gasteiger partial charge is 0.134 e. The van der Waals surface area contributed by atoms with Gasteiger partial charge in [0.2, 0.25) is 0 Å². The van der Waals surface area contributed by atoms with E-state index in [9.17, 15) is 5.11 Å². The molecule has 1 saturated carbocycles. The molecule has 0 unspecified atom stereocenters. The number of hydrogen-bond donors (Lipinski definition) is 2. The molecule has 5 heteroatoms. The second-order valence-corrected chi connectivity index (χ2v) is 5.62.